The third-order valence-corrected chi connectivity index (χ3v) is 9.88. The number of amides is 2. The fourth-order valence-electron chi connectivity index (χ4n) is 7.09. The van der Waals surface area contributed by atoms with E-state index < -0.39 is 35.7 Å². The summed E-state index contributed by atoms with van der Waals surface area (Å²) in [6, 6.07) is 16.7. The molecular weight excluding hydrogens is 711 g/mol. The van der Waals surface area contributed by atoms with Gasteiger partial charge in [-0.05, 0) is 103 Å². The van der Waals surface area contributed by atoms with Gasteiger partial charge in [-0.15, -0.1) is 0 Å². The minimum absolute atomic E-state index is 0.0448. The molecule has 7 rings (SSSR count). The summed E-state index contributed by atoms with van der Waals surface area (Å²) in [6.07, 6.45) is -4.85. The van der Waals surface area contributed by atoms with Crippen molar-refractivity contribution in [2.24, 2.45) is 0 Å². The first-order valence-corrected chi connectivity index (χ1v) is 17.5. The van der Waals surface area contributed by atoms with Gasteiger partial charge in [-0.2, -0.15) is 18.3 Å². The number of carbonyl (C=O) groups is 2. The van der Waals surface area contributed by atoms with Crippen molar-refractivity contribution in [1.82, 2.24) is 15.1 Å². The van der Waals surface area contributed by atoms with Gasteiger partial charge in [0.05, 0.1) is 16.8 Å². The van der Waals surface area contributed by atoms with Crippen LogP contribution in [0, 0.1) is 11.6 Å². The average molecular weight is 749 g/mol. The number of benzene rings is 4. The number of aromatic amines is 1. The summed E-state index contributed by atoms with van der Waals surface area (Å²) in [5, 5.41) is 20.2. The number of carbonyl (C=O) groups excluding carboxylic acids is 2. The Kier molecular flexibility index (Phi) is 10.3. The molecule has 282 valence electrons. The predicted octanol–water partition coefficient (Wildman–Crippen LogP) is 6.88. The number of hydrogen-bond acceptors (Lipinski definition) is 7. The fourth-order valence-corrected chi connectivity index (χ4v) is 7.09. The Morgan fingerprint density at radius 1 is 0.944 bits per heavy atom. The number of anilines is 3. The molecular formula is C39H37F5N6O4. The van der Waals surface area contributed by atoms with Crippen molar-refractivity contribution in [3.05, 3.63) is 101 Å². The molecule has 1 aromatic heterocycles. The number of aromatic nitrogens is 2. The molecule has 2 amide bonds. The smallest absolute Gasteiger partial charge is 0.471 e. The maximum atomic E-state index is 14.3. The van der Waals surface area contributed by atoms with Gasteiger partial charge in [-0.3, -0.25) is 14.7 Å². The number of alkyl halides is 3. The second kappa shape index (κ2) is 15.1. The van der Waals surface area contributed by atoms with E-state index in [1.165, 1.54) is 36.4 Å². The molecule has 5 aromatic rings. The molecule has 2 fully saturated rings. The molecule has 54 heavy (non-hydrogen) atoms. The zero-order valence-corrected chi connectivity index (χ0v) is 29.2. The van der Waals surface area contributed by atoms with Crippen molar-refractivity contribution in [3.8, 4) is 16.9 Å². The van der Waals surface area contributed by atoms with Gasteiger partial charge in [0, 0.05) is 62.6 Å². The Morgan fingerprint density at radius 2 is 1.63 bits per heavy atom. The summed E-state index contributed by atoms with van der Waals surface area (Å²) in [4.78, 5) is 32.2. The maximum Gasteiger partial charge on any atom is 0.471 e. The van der Waals surface area contributed by atoms with Gasteiger partial charge in [0.1, 0.15) is 17.4 Å². The SMILES string of the molecule is CN1CCN(c2ccc(C(=O)Nc3n[nH]c4cc(-c5ccc(O)cc5)c(Cc5cc(F)cc(F)c5)cc34)c(N(C(=O)C(F)(F)F)C3CCOCC3)c2)CC1. The number of halogens is 5. The van der Waals surface area contributed by atoms with Crippen LogP contribution in [0.15, 0.2) is 72.8 Å². The topological polar surface area (TPSA) is 114 Å². The number of aromatic hydroxyl groups is 1. The molecule has 3 heterocycles. The van der Waals surface area contributed by atoms with E-state index in [-0.39, 0.29) is 55.3 Å². The maximum absolute atomic E-state index is 14.3. The van der Waals surface area contributed by atoms with E-state index in [0.717, 1.165) is 19.2 Å². The van der Waals surface area contributed by atoms with Crippen molar-refractivity contribution in [2.75, 3.05) is 61.6 Å². The molecule has 3 N–H and O–H groups in total. The largest absolute Gasteiger partial charge is 0.508 e. The van der Waals surface area contributed by atoms with E-state index in [1.807, 2.05) is 11.9 Å². The summed E-state index contributed by atoms with van der Waals surface area (Å²) >= 11 is 0. The third-order valence-electron chi connectivity index (χ3n) is 9.88. The molecule has 2 aliphatic heterocycles. The van der Waals surface area contributed by atoms with Crippen LogP contribution in [0.5, 0.6) is 5.75 Å². The Balaban J connectivity index is 1.30. The fraction of sp³-hybridized carbons (Fsp3) is 0.308. The summed E-state index contributed by atoms with van der Waals surface area (Å²) in [7, 11) is 1.97. The first-order chi connectivity index (χ1) is 25.8. The van der Waals surface area contributed by atoms with Gasteiger partial charge in [0.25, 0.3) is 5.91 Å². The Hall–Kier alpha value is -5.54. The van der Waals surface area contributed by atoms with E-state index in [1.54, 1.807) is 30.3 Å². The molecule has 0 aliphatic carbocycles. The highest BCUT2D eigenvalue weighted by Crippen LogP contribution is 2.37. The van der Waals surface area contributed by atoms with Crippen LogP contribution in [0.3, 0.4) is 0 Å². The Morgan fingerprint density at radius 3 is 2.30 bits per heavy atom. The third kappa shape index (κ3) is 7.87. The highest BCUT2D eigenvalue weighted by molar-refractivity contribution is 6.14. The number of nitrogens with one attached hydrogen (secondary N) is 2. The molecule has 0 saturated carbocycles. The Labute approximate surface area is 307 Å². The van der Waals surface area contributed by atoms with E-state index >= 15 is 0 Å². The van der Waals surface area contributed by atoms with Crippen LogP contribution in [0.25, 0.3) is 22.0 Å². The first kappa shape index (κ1) is 36.8. The molecule has 15 heteroatoms. The van der Waals surface area contributed by atoms with Gasteiger partial charge in [-0.1, -0.05) is 12.1 Å². The molecule has 4 aromatic carbocycles. The van der Waals surface area contributed by atoms with E-state index in [4.69, 9.17) is 4.74 Å². The second-order valence-electron chi connectivity index (χ2n) is 13.6. The molecule has 2 aliphatic rings. The van der Waals surface area contributed by atoms with Crippen molar-refractivity contribution in [1.29, 1.82) is 0 Å². The summed E-state index contributed by atoms with van der Waals surface area (Å²) < 4.78 is 76.6. The van der Waals surface area contributed by atoms with E-state index in [2.05, 4.69) is 20.4 Å². The normalized spacial score (nSPS) is 15.8. The zero-order valence-electron chi connectivity index (χ0n) is 29.2. The average Bonchev–Trinajstić information content (AvgIpc) is 3.52. The van der Waals surface area contributed by atoms with Crippen molar-refractivity contribution in [3.63, 3.8) is 0 Å². The van der Waals surface area contributed by atoms with Crippen LogP contribution < -0.4 is 15.1 Å². The molecule has 0 unspecified atom stereocenters. The van der Waals surface area contributed by atoms with Gasteiger partial charge >= 0.3 is 12.1 Å². The quantitative estimate of drug-likeness (QED) is 0.148. The highest BCUT2D eigenvalue weighted by atomic mass is 19.4. The van der Waals surface area contributed by atoms with Crippen LogP contribution in [-0.2, 0) is 16.0 Å². The number of nitrogens with zero attached hydrogens (tertiary/aromatic N) is 4. The van der Waals surface area contributed by atoms with Crippen molar-refractivity contribution in [2.45, 2.75) is 31.5 Å². The molecule has 2 saturated heterocycles. The number of H-pyrrole nitrogens is 1. The van der Waals surface area contributed by atoms with E-state index in [9.17, 15) is 36.6 Å². The lowest BCUT2D eigenvalue weighted by Crippen LogP contribution is -2.50. The van der Waals surface area contributed by atoms with Gasteiger partial charge in [0.15, 0.2) is 5.82 Å². The minimum atomic E-state index is -5.22. The van der Waals surface area contributed by atoms with Gasteiger partial charge in [-0.25, -0.2) is 8.78 Å². The van der Waals surface area contributed by atoms with Crippen LogP contribution in [0.4, 0.5) is 39.1 Å². The lowest BCUT2D eigenvalue weighted by atomic mass is 9.93. The highest BCUT2D eigenvalue weighted by Gasteiger charge is 2.46. The summed E-state index contributed by atoms with van der Waals surface area (Å²) in [5.74, 6) is -4.28. The predicted molar refractivity (Wildman–Crippen MR) is 194 cm³/mol. The minimum Gasteiger partial charge on any atom is -0.508 e. The molecule has 10 nitrogen and oxygen atoms in total. The summed E-state index contributed by atoms with van der Waals surface area (Å²) in [6.45, 7) is 2.95. The van der Waals surface area contributed by atoms with Gasteiger partial charge in [0.2, 0.25) is 0 Å². The number of hydrogen-bond donors (Lipinski definition) is 3. The number of fused-ring (bicyclic) bond motifs is 1. The number of ether oxygens (including phenoxy) is 1. The second-order valence-corrected chi connectivity index (χ2v) is 13.6. The Bertz CT molecular complexity index is 2160. The number of piperazine rings is 1. The number of phenols is 1. The lowest BCUT2D eigenvalue weighted by Gasteiger charge is -2.37. The van der Waals surface area contributed by atoms with Crippen LogP contribution in [0.2, 0.25) is 0 Å². The number of rotatable bonds is 8. The number of likely N-dealkylation sites (N-methyl/N-ethyl adjacent to an activating group) is 1. The lowest BCUT2D eigenvalue weighted by molar-refractivity contribution is -0.171. The van der Waals surface area contributed by atoms with E-state index in [0.29, 0.717) is 56.8 Å². The van der Waals surface area contributed by atoms with Crippen LogP contribution in [-0.4, -0.2) is 90.7 Å². The molecule has 0 atom stereocenters. The van der Waals surface area contributed by atoms with Gasteiger partial charge < -0.3 is 29.9 Å². The standard InChI is InChI=1S/C39H37F5N6O4/c1-48-10-12-49(13-11-48)29-4-7-31(35(21-29)50(38(53)39(42,43)44)28-8-14-54-15-9-28)37(52)45-36-33-19-25(16-23-17-26(40)20-27(41)18-23)32(22-34(33)46-47-36)24-2-5-30(51)6-3-24/h2-7,17-22,28,51H,8-16H2,1H3,(H2,45,46,47,52). The van der Waals surface area contributed by atoms with Crippen molar-refractivity contribution >= 4 is 39.9 Å². The first-order valence-electron chi connectivity index (χ1n) is 17.5. The molecule has 0 bridgehead atoms. The summed E-state index contributed by atoms with van der Waals surface area (Å²) in [5.41, 5.74) is 3.01. The molecule has 0 radical (unpaired) electrons. The number of phenolic OH excluding ortho intramolecular Hbond substituents is 1. The van der Waals surface area contributed by atoms with Crippen LogP contribution in [0.1, 0.15) is 34.3 Å². The van der Waals surface area contributed by atoms with Crippen molar-refractivity contribution < 1.29 is 41.4 Å². The monoisotopic (exact) mass is 748 g/mol. The zero-order chi connectivity index (χ0) is 38.1. The van der Waals surface area contributed by atoms with Crippen LogP contribution >= 0.6 is 0 Å². The molecule has 0 spiro atoms.